The molecule has 0 N–H and O–H groups in total. The summed E-state index contributed by atoms with van der Waals surface area (Å²) in [6, 6.07) is 17.8. The summed E-state index contributed by atoms with van der Waals surface area (Å²) in [6.45, 7) is 5.76. The number of cyclic esters (lactones) is 1. The molecule has 2 aromatic rings. The Bertz CT molecular complexity index is 867. The number of esters is 1. The molecule has 0 radical (unpaired) electrons. The fourth-order valence-corrected chi connectivity index (χ4v) is 4.16. The van der Waals surface area contributed by atoms with Crippen molar-refractivity contribution in [2.75, 3.05) is 26.2 Å². The molecule has 5 nitrogen and oxygen atoms in total. The highest BCUT2D eigenvalue weighted by molar-refractivity contribution is 5.97. The van der Waals surface area contributed by atoms with Crippen molar-refractivity contribution in [2.24, 2.45) is 0 Å². The number of hydrogen-bond acceptors (Lipinski definition) is 4. The van der Waals surface area contributed by atoms with Gasteiger partial charge in [0.2, 0.25) is 0 Å². The second-order valence-electron chi connectivity index (χ2n) is 7.86. The standard InChI is InChI=1S/C23H26N2O3/c1-23(16-19-10-5-6-11-20(19)21(26)28-23)22(27)25-13-7-12-24(14-15-25)17-18-8-3-2-4-9-18/h2-6,8-11H,7,12-17H2,1H3. The van der Waals surface area contributed by atoms with Crippen molar-refractivity contribution in [3.8, 4) is 0 Å². The molecule has 2 aliphatic heterocycles. The average Bonchev–Trinajstić information content (AvgIpc) is 2.93. The zero-order chi connectivity index (χ0) is 19.6. The van der Waals surface area contributed by atoms with Crippen LogP contribution in [0.15, 0.2) is 54.6 Å². The molecular formula is C23H26N2O3. The normalized spacial score (nSPS) is 22.9. The molecule has 0 saturated carbocycles. The van der Waals surface area contributed by atoms with Crippen LogP contribution in [0.25, 0.3) is 0 Å². The summed E-state index contributed by atoms with van der Waals surface area (Å²) in [6.07, 6.45) is 1.34. The highest BCUT2D eigenvalue weighted by atomic mass is 16.6. The zero-order valence-corrected chi connectivity index (χ0v) is 16.3. The first-order chi connectivity index (χ1) is 13.5. The topological polar surface area (TPSA) is 49.9 Å². The van der Waals surface area contributed by atoms with Gasteiger partial charge in [0.05, 0.1) is 5.56 Å². The number of carbonyl (C=O) groups is 2. The van der Waals surface area contributed by atoms with E-state index in [2.05, 4.69) is 29.2 Å². The monoisotopic (exact) mass is 378 g/mol. The third kappa shape index (κ3) is 3.80. The van der Waals surface area contributed by atoms with Gasteiger partial charge in [-0.15, -0.1) is 0 Å². The molecule has 1 unspecified atom stereocenters. The predicted octanol–water partition coefficient (Wildman–Crippen LogP) is 2.89. The Hall–Kier alpha value is -2.66. The van der Waals surface area contributed by atoms with E-state index in [0.29, 0.717) is 25.1 Å². The van der Waals surface area contributed by atoms with Gasteiger partial charge in [0.25, 0.3) is 5.91 Å². The van der Waals surface area contributed by atoms with Crippen LogP contribution in [0, 0.1) is 0 Å². The van der Waals surface area contributed by atoms with Crippen molar-refractivity contribution in [3.63, 3.8) is 0 Å². The second kappa shape index (κ2) is 7.76. The van der Waals surface area contributed by atoms with Crippen LogP contribution in [0.3, 0.4) is 0 Å². The Morgan fingerprint density at radius 1 is 1.00 bits per heavy atom. The third-order valence-electron chi connectivity index (χ3n) is 5.66. The fourth-order valence-electron chi connectivity index (χ4n) is 4.16. The Kier molecular flexibility index (Phi) is 5.18. The lowest BCUT2D eigenvalue weighted by molar-refractivity contribution is -0.151. The molecule has 1 fully saturated rings. The number of rotatable bonds is 3. The van der Waals surface area contributed by atoms with E-state index >= 15 is 0 Å². The summed E-state index contributed by atoms with van der Waals surface area (Å²) in [5, 5.41) is 0. The number of benzene rings is 2. The molecule has 1 saturated heterocycles. The van der Waals surface area contributed by atoms with Gasteiger partial charge in [0.15, 0.2) is 5.60 Å². The van der Waals surface area contributed by atoms with Crippen LogP contribution < -0.4 is 0 Å². The lowest BCUT2D eigenvalue weighted by atomic mass is 9.89. The van der Waals surface area contributed by atoms with Crippen molar-refractivity contribution < 1.29 is 14.3 Å². The summed E-state index contributed by atoms with van der Waals surface area (Å²) in [5.74, 6) is -0.491. The van der Waals surface area contributed by atoms with Crippen LogP contribution in [0.2, 0.25) is 0 Å². The molecule has 2 heterocycles. The molecule has 0 bridgehead atoms. The highest BCUT2D eigenvalue weighted by Gasteiger charge is 2.44. The quantitative estimate of drug-likeness (QED) is 0.771. The van der Waals surface area contributed by atoms with E-state index in [1.807, 2.05) is 29.2 Å². The van der Waals surface area contributed by atoms with Crippen LogP contribution >= 0.6 is 0 Å². The molecule has 2 aromatic carbocycles. The summed E-state index contributed by atoms with van der Waals surface area (Å²) in [5.41, 5.74) is 1.61. The van der Waals surface area contributed by atoms with Crippen LogP contribution in [0.4, 0.5) is 0 Å². The minimum atomic E-state index is -1.12. The Morgan fingerprint density at radius 2 is 1.75 bits per heavy atom. The van der Waals surface area contributed by atoms with E-state index in [4.69, 9.17) is 4.74 Å². The van der Waals surface area contributed by atoms with Gasteiger partial charge in [0, 0.05) is 39.1 Å². The number of fused-ring (bicyclic) bond motifs is 1. The molecule has 4 rings (SSSR count). The Labute approximate surface area is 165 Å². The number of carbonyl (C=O) groups excluding carboxylic acids is 2. The number of hydrogen-bond donors (Lipinski definition) is 0. The van der Waals surface area contributed by atoms with Crippen LogP contribution in [0.5, 0.6) is 0 Å². The molecule has 0 aliphatic carbocycles. The number of ether oxygens (including phenoxy) is 1. The molecule has 28 heavy (non-hydrogen) atoms. The van der Waals surface area contributed by atoms with E-state index < -0.39 is 11.6 Å². The fraction of sp³-hybridized carbons (Fsp3) is 0.391. The third-order valence-corrected chi connectivity index (χ3v) is 5.66. The lowest BCUT2D eigenvalue weighted by Gasteiger charge is -2.37. The molecule has 146 valence electrons. The summed E-state index contributed by atoms with van der Waals surface area (Å²) >= 11 is 0. The van der Waals surface area contributed by atoms with E-state index in [1.165, 1.54) is 5.56 Å². The maximum Gasteiger partial charge on any atom is 0.339 e. The maximum absolute atomic E-state index is 13.3. The highest BCUT2D eigenvalue weighted by Crippen LogP contribution is 2.30. The average molecular weight is 378 g/mol. The van der Waals surface area contributed by atoms with Gasteiger partial charge in [0.1, 0.15) is 0 Å². The second-order valence-corrected chi connectivity index (χ2v) is 7.86. The molecule has 1 atom stereocenters. The molecule has 1 amide bonds. The van der Waals surface area contributed by atoms with Crippen molar-refractivity contribution in [3.05, 3.63) is 71.3 Å². The van der Waals surface area contributed by atoms with Crippen molar-refractivity contribution in [1.82, 2.24) is 9.80 Å². The van der Waals surface area contributed by atoms with E-state index in [0.717, 1.165) is 31.6 Å². The van der Waals surface area contributed by atoms with E-state index in [-0.39, 0.29) is 5.91 Å². The molecule has 0 aromatic heterocycles. The first kappa shape index (κ1) is 18.7. The smallest absolute Gasteiger partial charge is 0.339 e. The lowest BCUT2D eigenvalue weighted by Crippen LogP contribution is -2.53. The SMILES string of the molecule is CC1(C(=O)N2CCCN(Cc3ccccc3)CC2)Cc2ccccc2C(=O)O1. The molecule has 5 heteroatoms. The van der Waals surface area contributed by atoms with Gasteiger partial charge in [-0.2, -0.15) is 0 Å². The van der Waals surface area contributed by atoms with Crippen molar-refractivity contribution in [1.29, 1.82) is 0 Å². The van der Waals surface area contributed by atoms with Crippen LogP contribution in [-0.4, -0.2) is 53.5 Å². The molecule has 2 aliphatic rings. The largest absolute Gasteiger partial charge is 0.445 e. The Morgan fingerprint density at radius 3 is 2.57 bits per heavy atom. The minimum Gasteiger partial charge on any atom is -0.445 e. The van der Waals surface area contributed by atoms with Crippen molar-refractivity contribution in [2.45, 2.75) is 31.9 Å². The molecule has 0 spiro atoms. The minimum absolute atomic E-state index is 0.0862. The predicted molar refractivity (Wildman–Crippen MR) is 107 cm³/mol. The van der Waals surface area contributed by atoms with Gasteiger partial charge >= 0.3 is 5.97 Å². The van der Waals surface area contributed by atoms with Gasteiger partial charge in [-0.3, -0.25) is 9.69 Å². The van der Waals surface area contributed by atoms with Crippen molar-refractivity contribution >= 4 is 11.9 Å². The summed E-state index contributed by atoms with van der Waals surface area (Å²) < 4.78 is 5.63. The number of amides is 1. The first-order valence-corrected chi connectivity index (χ1v) is 9.92. The maximum atomic E-state index is 13.3. The first-order valence-electron chi connectivity index (χ1n) is 9.92. The van der Waals surface area contributed by atoms with Gasteiger partial charge in [-0.25, -0.2) is 4.79 Å². The zero-order valence-electron chi connectivity index (χ0n) is 16.3. The van der Waals surface area contributed by atoms with Crippen LogP contribution in [-0.2, 0) is 22.5 Å². The van der Waals surface area contributed by atoms with E-state index in [1.54, 1.807) is 13.0 Å². The summed E-state index contributed by atoms with van der Waals surface area (Å²) in [4.78, 5) is 29.9. The Balaban J connectivity index is 1.43. The van der Waals surface area contributed by atoms with Gasteiger partial charge in [-0.1, -0.05) is 48.5 Å². The van der Waals surface area contributed by atoms with Gasteiger partial charge in [-0.05, 0) is 30.5 Å². The van der Waals surface area contributed by atoms with E-state index in [9.17, 15) is 9.59 Å². The van der Waals surface area contributed by atoms with Crippen LogP contribution in [0.1, 0.15) is 34.8 Å². The number of nitrogens with zero attached hydrogens (tertiary/aromatic N) is 2. The summed E-state index contributed by atoms with van der Waals surface area (Å²) in [7, 11) is 0. The molecular weight excluding hydrogens is 352 g/mol. The van der Waals surface area contributed by atoms with Gasteiger partial charge < -0.3 is 9.64 Å².